The molecule has 28 heavy (non-hydrogen) atoms. The molecule has 3 rings (SSSR count). The van der Waals surface area contributed by atoms with Crippen LogP contribution in [-0.4, -0.2) is 27.3 Å². The third kappa shape index (κ3) is 4.55. The van der Waals surface area contributed by atoms with E-state index in [-0.39, 0.29) is 29.6 Å². The van der Waals surface area contributed by atoms with Gasteiger partial charge in [0.15, 0.2) is 0 Å². The van der Waals surface area contributed by atoms with Crippen molar-refractivity contribution in [2.75, 3.05) is 6.54 Å². The molecule has 5 nitrogen and oxygen atoms in total. The number of aromatic nitrogens is 2. The predicted molar refractivity (Wildman–Crippen MR) is 101 cm³/mol. The third-order valence-corrected chi connectivity index (χ3v) is 4.61. The van der Waals surface area contributed by atoms with Crippen molar-refractivity contribution in [2.24, 2.45) is 0 Å². The second kappa shape index (κ2) is 8.50. The number of benzene rings is 2. The lowest BCUT2D eigenvalue weighted by atomic mass is 10.1. The number of aryl methyl sites for hydroxylation is 1. The second-order valence-electron chi connectivity index (χ2n) is 6.32. The molecule has 146 valence electrons. The number of amides is 1. The summed E-state index contributed by atoms with van der Waals surface area (Å²) in [5.41, 5.74) is 1.74. The molecule has 0 fully saturated rings. The minimum absolute atomic E-state index is 0.110. The van der Waals surface area contributed by atoms with Crippen LogP contribution in [0.4, 0.5) is 8.78 Å². The first-order valence-corrected chi connectivity index (χ1v) is 8.92. The first-order valence-electron chi connectivity index (χ1n) is 8.54. The van der Waals surface area contributed by atoms with E-state index in [0.29, 0.717) is 11.3 Å². The van der Waals surface area contributed by atoms with Crippen LogP contribution >= 0.6 is 11.6 Å². The number of carbonyl (C=O) groups is 1. The van der Waals surface area contributed by atoms with Gasteiger partial charge in [-0.25, -0.2) is 13.5 Å². The molecule has 0 spiro atoms. The topological polar surface area (TPSA) is 67.2 Å². The number of rotatable bonds is 6. The Balaban J connectivity index is 1.69. The molecule has 0 aliphatic heterocycles. The van der Waals surface area contributed by atoms with Crippen molar-refractivity contribution in [3.63, 3.8) is 0 Å². The molecule has 0 aliphatic carbocycles. The Morgan fingerprint density at radius 3 is 2.61 bits per heavy atom. The average molecular weight is 406 g/mol. The maximum Gasteiger partial charge on any atom is 0.256 e. The molecule has 3 aromatic rings. The lowest BCUT2D eigenvalue weighted by Crippen LogP contribution is -2.29. The van der Waals surface area contributed by atoms with Gasteiger partial charge in [0.25, 0.3) is 5.91 Å². The van der Waals surface area contributed by atoms with Crippen LogP contribution in [0.5, 0.6) is 0 Å². The molecule has 0 bridgehead atoms. The fourth-order valence-corrected chi connectivity index (χ4v) is 3.11. The normalized spacial score (nSPS) is 12.0. The number of carbonyl (C=O) groups excluding carboxylic acids is 1. The van der Waals surface area contributed by atoms with Crippen molar-refractivity contribution < 1.29 is 18.7 Å². The fraction of sp³-hybridized carbons (Fsp3) is 0.200. The molecule has 1 unspecified atom stereocenters. The van der Waals surface area contributed by atoms with Crippen molar-refractivity contribution in [1.29, 1.82) is 0 Å². The van der Waals surface area contributed by atoms with Crippen LogP contribution in [-0.2, 0) is 6.54 Å². The van der Waals surface area contributed by atoms with Gasteiger partial charge in [0.2, 0.25) is 0 Å². The minimum atomic E-state index is -1.06. The zero-order chi connectivity index (χ0) is 20.3. The molecule has 0 aliphatic rings. The van der Waals surface area contributed by atoms with E-state index in [1.165, 1.54) is 35.0 Å². The molecular formula is C20H18ClF2N3O2. The van der Waals surface area contributed by atoms with Gasteiger partial charge in [-0.2, -0.15) is 5.10 Å². The standard InChI is InChI=1S/C20H18ClF2N3O2/c1-12-18(19(21)26(25-12)11-13-5-7-15(22)8-6-13)20(28)24-10-17(27)14-3-2-4-16(23)9-14/h2-9,17,27H,10-11H2,1H3,(H,24,28). The Labute approximate surface area is 165 Å². The highest BCUT2D eigenvalue weighted by Gasteiger charge is 2.21. The smallest absolute Gasteiger partial charge is 0.256 e. The van der Waals surface area contributed by atoms with Gasteiger partial charge in [-0.3, -0.25) is 4.79 Å². The Morgan fingerprint density at radius 1 is 1.21 bits per heavy atom. The molecule has 0 saturated carbocycles. The Hall–Kier alpha value is -2.77. The van der Waals surface area contributed by atoms with E-state index in [1.54, 1.807) is 25.1 Å². The highest BCUT2D eigenvalue weighted by atomic mass is 35.5. The maximum atomic E-state index is 13.3. The summed E-state index contributed by atoms with van der Waals surface area (Å²) in [6.07, 6.45) is -1.06. The molecule has 2 aromatic carbocycles. The van der Waals surface area contributed by atoms with Crippen molar-refractivity contribution in [1.82, 2.24) is 15.1 Å². The molecule has 1 amide bonds. The van der Waals surface area contributed by atoms with Crippen LogP contribution in [0.1, 0.15) is 33.3 Å². The number of aliphatic hydroxyl groups is 1. The number of hydrogen-bond acceptors (Lipinski definition) is 3. The molecule has 1 heterocycles. The number of nitrogens with one attached hydrogen (secondary N) is 1. The van der Waals surface area contributed by atoms with Gasteiger partial charge in [0, 0.05) is 6.54 Å². The van der Waals surface area contributed by atoms with Crippen molar-refractivity contribution >= 4 is 17.5 Å². The van der Waals surface area contributed by atoms with Crippen LogP contribution in [0.15, 0.2) is 48.5 Å². The van der Waals surface area contributed by atoms with Crippen LogP contribution in [0.25, 0.3) is 0 Å². The molecule has 8 heteroatoms. The van der Waals surface area contributed by atoms with E-state index >= 15 is 0 Å². The third-order valence-electron chi connectivity index (χ3n) is 4.23. The fourth-order valence-electron chi connectivity index (χ4n) is 2.79. The second-order valence-corrected chi connectivity index (χ2v) is 6.67. The molecular weight excluding hydrogens is 388 g/mol. The summed E-state index contributed by atoms with van der Waals surface area (Å²) in [5, 5.41) is 17.1. The zero-order valence-corrected chi connectivity index (χ0v) is 15.8. The van der Waals surface area contributed by atoms with Crippen molar-refractivity contribution in [3.05, 3.63) is 87.7 Å². The van der Waals surface area contributed by atoms with Crippen LogP contribution in [0.2, 0.25) is 5.15 Å². The molecule has 0 radical (unpaired) electrons. The monoisotopic (exact) mass is 405 g/mol. The van der Waals surface area contributed by atoms with Crippen LogP contribution in [0.3, 0.4) is 0 Å². The maximum absolute atomic E-state index is 13.3. The number of hydrogen-bond donors (Lipinski definition) is 2. The van der Waals surface area contributed by atoms with Gasteiger partial charge in [0.1, 0.15) is 16.8 Å². The van der Waals surface area contributed by atoms with Crippen molar-refractivity contribution in [2.45, 2.75) is 19.6 Å². The van der Waals surface area contributed by atoms with Gasteiger partial charge in [-0.15, -0.1) is 0 Å². The summed E-state index contributed by atoms with van der Waals surface area (Å²) in [5.74, 6) is -1.31. The Bertz CT molecular complexity index is 990. The number of nitrogens with zero attached hydrogens (tertiary/aromatic N) is 2. The Morgan fingerprint density at radius 2 is 1.93 bits per heavy atom. The Kier molecular flexibility index (Phi) is 6.06. The number of halogens is 3. The van der Waals surface area contributed by atoms with Gasteiger partial charge in [-0.05, 0) is 42.3 Å². The quantitative estimate of drug-likeness (QED) is 0.658. The molecule has 2 N–H and O–H groups in total. The summed E-state index contributed by atoms with van der Waals surface area (Å²) >= 11 is 6.31. The first kappa shape index (κ1) is 20.0. The molecule has 1 atom stereocenters. The minimum Gasteiger partial charge on any atom is -0.387 e. The molecule has 0 saturated heterocycles. The van der Waals surface area contributed by atoms with E-state index < -0.39 is 17.8 Å². The summed E-state index contributed by atoms with van der Waals surface area (Å²) in [7, 11) is 0. The highest BCUT2D eigenvalue weighted by Crippen LogP contribution is 2.21. The lowest BCUT2D eigenvalue weighted by molar-refractivity contribution is 0.0915. The summed E-state index contributed by atoms with van der Waals surface area (Å²) in [6.45, 7) is 1.81. The van der Waals surface area contributed by atoms with Crippen molar-refractivity contribution in [3.8, 4) is 0 Å². The van der Waals surface area contributed by atoms with E-state index in [1.807, 2.05) is 0 Å². The van der Waals surface area contributed by atoms with Crippen LogP contribution < -0.4 is 5.32 Å². The van der Waals surface area contributed by atoms with Gasteiger partial charge in [0.05, 0.1) is 23.9 Å². The summed E-state index contributed by atoms with van der Waals surface area (Å²) in [4.78, 5) is 12.5. The van der Waals surface area contributed by atoms with Gasteiger partial charge < -0.3 is 10.4 Å². The number of aliphatic hydroxyl groups excluding tert-OH is 1. The van der Waals surface area contributed by atoms with Gasteiger partial charge >= 0.3 is 0 Å². The summed E-state index contributed by atoms with van der Waals surface area (Å²) in [6, 6.07) is 11.4. The largest absolute Gasteiger partial charge is 0.387 e. The SMILES string of the molecule is Cc1nn(Cc2ccc(F)cc2)c(Cl)c1C(=O)NCC(O)c1cccc(F)c1. The molecule has 1 aromatic heterocycles. The van der Waals surface area contributed by atoms with Gasteiger partial charge in [-0.1, -0.05) is 35.9 Å². The van der Waals surface area contributed by atoms with Crippen LogP contribution in [0, 0.1) is 18.6 Å². The van der Waals surface area contributed by atoms with E-state index in [0.717, 1.165) is 5.56 Å². The van der Waals surface area contributed by atoms with E-state index in [4.69, 9.17) is 11.6 Å². The van der Waals surface area contributed by atoms with E-state index in [2.05, 4.69) is 10.4 Å². The first-order chi connectivity index (χ1) is 13.3. The predicted octanol–water partition coefficient (Wildman–Crippen LogP) is 3.63. The van der Waals surface area contributed by atoms with E-state index in [9.17, 15) is 18.7 Å². The highest BCUT2D eigenvalue weighted by molar-refractivity contribution is 6.33. The zero-order valence-electron chi connectivity index (χ0n) is 15.0. The average Bonchev–Trinajstić information content (AvgIpc) is 2.94. The summed E-state index contributed by atoms with van der Waals surface area (Å²) < 4.78 is 27.7. The lowest BCUT2D eigenvalue weighted by Gasteiger charge is -2.12.